The molecule has 2 heterocycles. The highest BCUT2D eigenvalue weighted by Crippen LogP contribution is 2.48. The van der Waals surface area contributed by atoms with E-state index in [-0.39, 0.29) is 40.5 Å². The molecule has 28 heavy (non-hydrogen) atoms. The number of fused-ring (bicyclic) bond motifs is 1. The van der Waals surface area contributed by atoms with Gasteiger partial charge in [-0.1, -0.05) is 6.07 Å². The Morgan fingerprint density at radius 3 is 2.93 bits per heavy atom. The van der Waals surface area contributed by atoms with E-state index in [0.717, 1.165) is 0 Å². The number of nitrogens with two attached hydrogens (primary N) is 1. The van der Waals surface area contributed by atoms with E-state index >= 15 is 0 Å². The van der Waals surface area contributed by atoms with Gasteiger partial charge in [-0.3, -0.25) is 4.79 Å². The van der Waals surface area contributed by atoms with E-state index in [1.807, 2.05) is 6.07 Å². The van der Waals surface area contributed by atoms with Crippen LogP contribution in [-0.4, -0.2) is 24.5 Å². The first kappa shape index (κ1) is 14.5. The minimum atomic E-state index is -2.87. The van der Waals surface area contributed by atoms with E-state index in [2.05, 4.69) is 10.3 Å². The summed E-state index contributed by atoms with van der Waals surface area (Å²) >= 11 is 0. The summed E-state index contributed by atoms with van der Waals surface area (Å²) in [4.78, 5) is 16.9. The number of aromatic nitrogens is 1. The number of ether oxygens (including phenoxy) is 2. The number of hydrogen-bond acceptors (Lipinski definition) is 6. The number of hydrogen-bond donors (Lipinski definition) is 2. The van der Waals surface area contributed by atoms with Crippen LogP contribution in [-0.2, 0) is 4.79 Å². The zero-order valence-electron chi connectivity index (χ0n) is 19.7. The van der Waals surface area contributed by atoms with Crippen molar-refractivity contribution in [2.24, 2.45) is 5.73 Å². The van der Waals surface area contributed by atoms with Gasteiger partial charge in [-0.05, 0) is 38.5 Å². The van der Waals surface area contributed by atoms with Crippen LogP contribution in [0.2, 0.25) is 0 Å². The molecular weight excluding hydrogens is 356 g/mol. The summed E-state index contributed by atoms with van der Waals surface area (Å²) in [5.41, 5.74) is 7.39. The number of amides is 1. The number of nitriles is 1. The molecule has 0 bridgehead atoms. The summed E-state index contributed by atoms with van der Waals surface area (Å²) in [6, 6.07) is 5.94. The molecule has 0 fully saturated rings. The minimum Gasteiger partial charge on any atom is -0.496 e. The Kier molecular flexibility index (Phi) is 3.94. The summed E-state index contributed by atoms with van der Waals surface area (Å²) in [5.74, 6) is -3.08. The summed E-state index contributed by atoms with van der Waals surface area (Å²) < 4.78 is 43.1. The highest BCUT2D eigenvalue weighted by molar-refractivity contribution is 5.98. The second-order valence-electron chi connectivity index (χ2n) is 6.22. The molecule has 144 valence electrons. The Morgan fingerprint density at radius 2 is 2.29 bits per heavy atom. The molecule has 2 aromatic rings. The van der Waals surface area contributed by atoms with Crippen LogP contribution in [0, 0.1) is 18.3 Å². The molecule has 1 aliphatic heterocycles. The number of anilines is 1. The molecule has 7 nitrogen and oxygen atoms in total. The van der Waals surface area contributed by atoms with Crippen molar-refractivity contribution in [3.8, 4) is 17.7 Å². The topological polar surface area (TPSA) is 110 Å². The van der Waals surface area contributed by atoms with Crippen LogP contribution in [0.25, 0.3) is 0 Å². The van der Waals surface area contributed by atoms with Crippen LogP contribution < -0.4 is 20.5 Å². The molecule has 1 aromatic carbocycles. The molecule has 0 saturated heterocycles. The van der Waals surface area contributed by atoms with Gasteiger partial charge in [-0.25, -0.2) is 4.98 Å². The number of benzene rings is 1. The molecule has 1 aliphatic rings. The third-order valence-electron chi connectivity index (χ3n) is 4.44. The van der Waals surface area contributed by atoms with Crippen LogP contribution in [0.4, 0.5) is 5.69 Å². The molecule has 0 spiro atoms. The molecule has 3 N–H and O–H groups in total. The fourth-order valence-corrected chi connectivity index (χ4v) is 3.25. The quantitative estimate of drug-likeness (QED) is 0.822. The Labute approximate surface area is 169 Å². The van der Waals surface area contributed by atoms with Gasteiger partial charge in [0, 0.05) is 24.4 Å². The first-order valence-corrected chi connectivity index (χ1v) is 8.58. The van der Waals surface area contributed by atoms with Crippen molar-refractivity contribution in [2.45, 2.75) is 26.7 Å². The second-order valence-corrected chi connectivity index (χ2v) is 6.22. The second kappa shape index (κ2) is 7.61. The van der Waals surface area contributed by atoms with Gasteiger partial charge in [0.05, 0.1) is 46.5 Å². The average Bonchev–Trinajstić information content (AvgIpc) is 2.68. The van der Waals surface area contributed by atoms with Crippen molar-refractivity contribution in [2.75, 3.05) is 19.0 Å². The van der Waals surface area contributed by atoms with Crippen LogP contribution in [0.3, 0.4) is 0 Å². The van der Waals surface area contributed by atoms with Gasteiger partial charge in [0.2, 0.25) is 11.8 Å². The minimum absolute atomic E-state index is 0.0110. The number of carbonyl (C=O) groups is 1. The molecule has 0 aliphatic carbocycles. The number of rotatable bonds is 5. The number of allylic oxidation sites excluding steroid dienone is 1. The predicted octanol–water partition coefficient (Wildman–Crippen LogP) is 2.99. The van der Waals surface area contributed by atoms with Gasteiger partial charge in [-0.15, -0.1) is 0 Å². The third-order valence-corrected chi connectivity index (χ3v) is 4.44. The molecule has 0 radical (unpaired) electrons. The van der Waals surface area contributed by atoms with Crippen molar-refractivity contribution < 1.29 is 19.8 Å². The first-order valence-electron chi connectivity index (χ1n) is 10.6. The smallest absolute Gasteiger partial charge is 0.247 e. The number of nitrogens with one attached hydrogen (secondary N) is 1. The van der Waals surface area contributed by atoms with Gasteiger partial charge >= 0.3 is 0 Å². The maximum atomic E-state index is 12.6. The lowest BCUT2D eigenvalue weighted by atomic mass is 9.79. The Morgan fingerprint density at radius 1 is 1.50 bits per heavy atom. The summed E-state index contributed by atoms with van der Waals surface area (Å²) in [6.45, 7) is 5.35. The van der Waals surface area contributed by atoms with Gasteiger partial charge in [-0.2, -0.15) is 5.26 Å². The average molecular weight is 382 g/mol. The lowest BCUT2D eigenvalue weighted by Crippen LogP contribution is -2.28. The highest BCUT2D eigenvalue weighted by atomic mass is 16.5. The Balaban J connectivity index is 2.47. The van der Waals surface area contributed by atoms with Crippen molar-refractivity contribution in [3.63, 3.8) is 0 Å². The van der Waals surface area contributed by atoms with Crippen LogP contribution >= 0.6 is 0 Å². The molecular formula is C21H22N4O3. The van der Waals surface area contributed by atoms with Crippen molar-refractivity contribution in [1.82, 2.24) is 4.98 Å². The van der Waals surface area contributed by atoms with Crippen molar-refractivity contribution in [1.29, 1.82) is 5.26 Å². The number of nitrogens with zero attached hydrogens (tertiary/aromatic N) is 2. The summed E-state index contributed by atoms with van der Waals surface area (Å²) in [5, 5.41) is 12.4. The molecule has 1 unspecified atom stereocenters. The number of pyridine rings is 1. The monoisotopic (exact) mass is 382 g/mol. The van der Waals surface area contributed by atoms with Crippen LogP contribution in [0.1, 0.15) is 47.5 Å². The maximum Gasteiger partial charge on any atom is 0.247 e. The largest absolute Gasteiger partial charge is 0.496 e. The first-order chi connectivity index (χ1) is 14.9. The van der Waals surface area contributed by atoms with Crippen molar-refractivity contribution in [3.05, 3.63) is 57.9 Å². The SMILES string of the molecule is [2H]C([2H])([2H])Oc1cc(C#N)ccc1C1([2H])C(C(N)=O)=C(C)Nc2c(C)cnc(OCC)c21. The predicted molar refractivity (Wildman–Crippen MR) is 105 cm³/mol. The summed E-state index contributed by atoms with van der Waals surface area (Å²) in [6.07, 6.45) is 1.57. The van der Waals surface area contributed by atoms with Crippen molar-refractivity contribution >= 4 is 11.6 Å². The van der Waals surface area contributed by atoms with Crippen LogP contribution in [0.5, 0.6) is 11.6 Å². The van der Waals surface area contributed by atoms with E-state index in [1.165, 1.54) is 18.2 Å². The number of aryl methyl sites for hydroxylation is 1. The third kappa shape index (κ3) is 3.14. The zero-order chi connectivity index (χ0) is 23.8. The number of primary amides is 1. The molecule has 1 aromatic heterocycles. The molecule has 3 rings (SSSR count). The van der Waals surface area contributed by atoms with Gasteiger partial charge in [0.1, 0.15) is 5.75 Å². The fourth-order valence-electron chi connectivity index (χ4n) is 3.25. The molecule has 0 saturated carbocycles. The fraction of sp³-hybridized carbons (Fsp3) is 0.286. The number of carbonyl (C=O) groups excluding carboxylic acids is 1. The van der Waals surface area contributed by atoms with E-state index < -0.39 is 18.8 Å². The molecule has 1 atom stereocenters. The zero-order valence-corrected chi connectivity index (χ0v) is 15.7. The maximum absolute atomic E-state index is 12.6. The van der Waals surface area contributed by atoms with E-state index in [4.69, 9.17) is 19.3 Å². The van der Waals surface area contributed by atoms with Gasteiger partial charge in [0.25, 0.3) is 0 Å². The van der Waals surface area contributed by atoms with E-state index in [9.17, 15) is 11.4 Å². The molecule has 7 heteroatoms. The van der Waals surface area contributed by atoms with Crippen LogP contribution in [0.15, 0.2) is 35.7 Å². The Bertz CT molecular complexity index is 1170. The van der Waals surface area contributed by atoms with E-state index in [1.54, 1.807) is 27.0 Å². The lowest BCUT2D eigenvalue weighted by Gasteiger charge is -2.32. The number of methoxy groups -OCH3 is 1. The Hall–Kier alpha value is -3.53. The normalized spacial score (nSPS) is 20.5. The van der Waals surface area contributed by atoms with Gasteiger partial charge in [0.15, 0.2) is 0 Å². The molecule has 1 amide bonds. The standard InChI is InChI=1S/C21H22N4O3/c1-5-28-21-18-17(14-7-6-13(9-22)8-15(14)27-4)16(20(23)26)12(3)25-19(18)11(2)10-24-21/h6-8,10,17,25H,5H2,1-4H3,(H2,23,26)/i4D3,17D. The highest BCUT2D eigenvalue weighted by Gasteiger charge is 2.36. The summed E-state index contributed by atoms with van der Waals surface area (Å²) in [7, 11) is -2.87. The van der Waals surface area contributed by atoms with Gasteiger partial charge < -0.3 is 20.5 Å². The van der Waals surface area contributed by atoms with E-state index in [0.29, 0.717) is 16.9 Å². The lowest BCUT2D eigenvalue weighted by molar-refractivity contribution is -0.114.